The van der Waals surface area contributed by atoms with Crippen molar-refractivity contribution < 1.29 is 9.53 Å². The van der Waals surface area contributed by atoms with E-state index in [2.05, 4.69) is 15.6 Å². The lowest BCUT2D eigenvalue weighted by molar-refractivity contribution is -0.115. The SMILES string of the molecule is C[C@H](Cl)C(=O)Nc1cccnc1NC[C@@H]1CCO1. The molecule has 1 aromatic rings. The Kier molecular flexibility index (Phi) is 4.38. The molecule has 2 atom stereocenters. The number of carbonyl (C=O) groups excluding carboxylic acids is 1. The van der Waals surface area contributed by atoms with Crippen LogP contribution in [0.4, 0.5) is 11.5 Å². The zero-order chi connectivity index (χ0) is 13.0. The fraction of sp³-hybridized carbons (Fsp3) is 0.500. The summed E-state index contributed by atoms with van der Waals surface area (Å²) in [5, 5.41) is 5.32. The number of pyridine rings is 1. The molecule has 1 amide bonds. The number of hydrogen-bond acceptors (Lipinski definition) is 4. The third kappa shape index (κ3) is 3.34. The van der Waals surface area contributed by atoms with Crippen LogP contribution in [0.5, 0.6) is 0 Å². The minimum absolute atomic E-state index is 0.238. The first-order valence-electron chi connectivity index (χ1n) is 5.92. The Hall–Kier alpha value is -1.33. The molecule has 1 aromatic heterocycles. The summed E-state index contributed by atoms with van der Waals surface area (Å²) in [5.41, 5.74) is 0.634. The van der Waals surface area contributed by atoms with Crippen molar-refractivity contribution in [1.82, 2.24) is 4.98 Å². The highest BCUT2D eigenvalue weighted by atomic mass is 35.5. The van der Waals surface area contributed by atoms with Crippen LogP contribution in [0.1, 0.15) is 13.3 Å². The van der Waals surface area contributed by atoms with E-state index in [-0.39, 0.29) is 12.0 Å². The van der Waals surface area contributed by atoms with Crippen molar-refractivity contribution in [2.24, 2.45) is 0 Å². The fourth-order valence-electron chi connectivity index (χ4n) is 1.54. The molecule has 1 aliphatic heterocycles. The summed E-state index contributed by atoms with van der Waals surface area (Å²) in [6.07, 6.45) is 2.96. The monoisotopic (exact) mass is 269 g/mol. The van der Waals surface area contributed by atoms with Crippen LogP contribution in [0.2, 0.25) is 0 Å². The van der Waals surface area contributed by atoms with Gasteiger partial charge in [0.25, 0.3) is 0 Å². The Labute approximate surface area is 111 Å². The summed E-state index contributed by atoms with van der Waals surface area (Å²) in [7, 11) is 0. The van der Waals surface area contributed by atoms with Crippen molar-refractivity contribution in [1.29, 1.82) is 0 Å². The van der Waals surface area contributed by atoms with E-state index in [1.807, 2.05) is 0 Å². The Morgan fingerprint density at radius 2 is 2.50 bits per heavy atom. The van der Waals surface area contributed by atoms with Gasteiger partial charge in [0.1, 0.15) is 11.2 Å². The van der Waals surface area contributed by atoms with E-state index < -0.39 is 5.38 Å². The normalized spacial score (nSPS) is 19.8. The summed E-state index contributed by atoms with van der Waals surface area (Å²) in [6, 6.07) is 3.55. The van der Waals surface area contributed by atoms with Gasteiger partial charge >= 0.3 is 0 Å². The standard InChI is InChI=1S/C12H16ClN3O2/c1-8(13)12(17)16-10-3-2-5-14-11(10)15-7-9-4-6-18-9/h2-3,5,8-9H,4,6-7H2,1H3,(H,14,15)(H,16,17)/t8-,9-/m0/s1. The average Bonchev–Trinajstić information content (AvgIpc) is 2.29. The van der Waals surface area contributed by atoms with Gasteiger partial charge in [-0.15, -0.1) is 11.6 Å². The van der Waals surface area contributed by atoms with E-state index in [4.69, 9.17) is 16.3 Å². The molecule has 1 saturated heterocycles. The molecule has 2 heterocycles. The molecule has 18 heavy (non-hydrogen) atoms. The Morgan fingerprint density at radius 1 is 1.72 bits per heavy atom. The van der Waals surface area contributed by atoms with Gasteiger partial charge < -0.3 is 15.4 Å². The van der Waals surface area contributed by atoms with E-state index in [0.29, 0.717) is 18.1 Å². The van der Waals surface area contributed by atoms with E-state index in [1.165, 1.54) is 0 Å². The van der Waals surface area contributed by atoms with Gasteiger partial charge in [-0.2, -0.15) is 0 Å². The van der Waals surface area contributed by atoms with Crippen LogP contribution < -0.4 is 10.6 Å². The van der Waals surface area contributed by atoms with E-state index >= 15 is 0 Å². The first kappa shape index (κ1) is 13.1. The van der Waals surface area contributed by atoms with Gasteiger partial charge in [-0.1, -0.05) is 0 Å². The minimum atomic E-state index is -0.576. The highest BCUT2D eigenvalue weighted by Gasteiger charge is 2.18. The van der Waals surface area contributed by atoms with Crippen molar-refractivity contribution in [3.8, 4) is 0 Å². The number of halogens is 1. The summed E-state index contributed by atoms with van der Waals surface area (Å²) in [6.45, 7) is 3.14. The molecule has 98 valence electrons. The third-order valence-electron chi connectivity index (χ3n) is 2.72. The molecule has 0 aliphatic carbocycles. The van der Waals surface area contributed by atoms with Crippen molar-refractivity contribution in [2.75, 3.05) is 23.8 Å². The van der Waals surface area contributed by atoms with Crippen LogP contribution in [0.3, 0.4) is 0 Å². The largest absolute Gasteiger partial charge is 0.376 e. The predicted octanol–water partition coefficient (Wildman–Crippen LogP) is 1.85. The molecule has 0 saturated carbocycles. The first-order valence-corrected chi connectivity index (χ1v) is 6.36. The second-order valence-corrected chi connectivity index (χ2v) is 4.82. The number of alkyl halides is 1. The quantitative estimate of drug-likeness (QED) is 0.801. The van der Waals surface area contributed by atoms with E-state index in [0.717, 1.165) is 13.0 Å². The number of carbonyl (C=O) groups is 1. The van der Waals surface area contributed by atoms with Gasteiger partial charge in [-0.25, -0.2) is 4.98 Å². The Balaban J connectivity index is 1.97. The maximum atomic E-state index is 11.5. The summed E-state index contributed by atoms with van der Waals surface area (Å²) >= 11 is 5.72. The number of rotatable bonds is 5. The molecule has 1 aliphatic rings. The van der Waals surface area contributed by atoms with Gasteiger partial charge in [-0.3, -0.25) is 4.79 Å². The molecular formula is C12H16ClN3O2. The lowest BCUT2D eigenvalue weighted by atomic mass is 10.2. The maximum absolute atomic E-state index is 11.5. The van der Waals surface area contributed by atoms with Crippen LogP contribution in [0, 0.1) is 0 Å². The van der Waals surface area contributed by atoms with Crippen LogP contribution >= 0.6 is 11.6 Å². The Bertz CT molecular complexity index is 422. The summed E-state index contributed by atoms with van der Waals surface area (Å²) in [5.74, 6) is 0.395. The minimum Gasteiger partial charge on any atom is -0.376 e. The van der Waals surface area contributed by atoms with Crippen molar-refractivity contribution in [3.05, 3.63) is 18.3 Å². The molecular weight excluding hydrogens is 254 g/mol. The smallest absolute Gasteiger partial charge is 0.242 e. The third-order valence-corrected chi connectivity index (χ3v) is 2.92. The summed E-state index contributed by atoms with van der Waals surface area (Å²) < 4.78 is 5.31. The fourth-order valence-corrected chi connectivity index (χ4v) is 1.59. The number of nitrogens with zero attached hydrogens (tertiary/aromatic N) is 1. The van der Waals surface area contributed by atoms with E-state index in [9.17, 15) is 4.79 Å². The highest BCUT2D eigenvalue weighted by Crippen LogP contribution is 2.20. The first-order chi connectivity index (χ1) is 8.66. The van der Waals surface area contributed by atoms with Crippen LogP contribution in [0.25, 0.3) is 0 Å². The molecule has 5 nitrogen and oxygen atoms in total. The number of amides is 1. The van der Waals surface area contributed by atoms with Crippen LogP contribution in [-0.2, 0) is 9.53 Å². The molecule has 0 unspecified atom stereocenters. The highest BCUT2D eigenvalue weighted by molar-refractivity contribution is 6.32. The van der Waals surface area contributed by atoms with Crippen molar-refractivity contribution >= 4 is 29.0 Å². The molecule has 2 N–H and O–H groups in total. The number of aromatic nitrogens is 1. The van der Waals surface area contributed by atoms with Gasteiger partial charge in [0.15, 0.2) is 0 Å². The lowest BCUT2D eigenvalue weighted by Crippen LogP contribution is -2.34. The van der Waals surface area contributed by atoms with E-state index in [1.54, 1.807) is 25.3 Å². The van der Waals surface area contributed by atoms with Crippen molar-refractivity contribution in [2.45, 2.75) is 24.8 Å². The molecule has 0 aromatic carbocycles. The number of anilines is 2. The zero-order valence-electron chi connectivity index (χ0n) is 10.1. The average molecular weight is 270 g/mol. The van der Waals surface area contributed by atoms with Gasteiger partial charge in [0.05, 0.1) is 11.8 Å². The molecule has 1 fully saturated rings. The van der Waals surface area contributed by atoms with Gasteiger partial charge in [0, 0.05) is 19.3 Å². The van der Waals surface area contributed by atoms with Crippen LogP contribution in [0.15, 0.2) is 18.3 Å². The maximum Gasteiger partial charge on any atom is 0.242 e. The zero-order valence-corrected chi connectivity index (χ0v) is 10.9. The molecule has 0 spiro atoms. The van der Waals surface area contributed by atoms with Gasteiger partial charge in [-0.05, 0) is 25.5 Å². The lowest BCUT2D eigenvalue weighted by Gasteiger charge is -2.27. The molecule has 0 bridgehead atoms. The topological polar surface area (TPSA) is 63.2 Å². The molecule has 2 rings (SSSR count). The number of ether oxygens (including phenoxy) is 1. The van der Waals surface area contributed by atoms with Gasteiger partial charge in [0.2, 0.25) is 5.91 Å². The predicted molar refractivity (Wildman–Crippen MR) is 71.0 cm³/mol. The van der Waals surface area contributed by atoms with Crippen LogP contribution in [-0.4, -0.2) is 35.5 Å². The summed E-state index contributed by atoms with van der Waals surface area (Å²) in [4.78, 5) is 15.7. The second kappa shape index (κ2) is 6.02. The molecule has 0 radical (unpaired) electrons. The second-order valence-electron chi connectivity index (χ2n) is 4.17. The molecule has 6 heteroatoms. The Morgan fingerprint density at radius 3 is 3.11 bits per heavy atom. The number of nitrogens with one attached hydrogen (secondary N) is 2. The number of hydrogen-bond donors (Lipinski definition) is 2. The van der Waals surface area contributed by atoms with Crippen molar-refractivity contribution in [3.63, 3.8) is 0 Å².